The quantitative estimate of drug-likeness (QED) is 0.656. The molecule has 0 aliphatic carbocycles. The normalized spacial score (nSPS) is 19.8. The van der Waals surface area contributed by atoms with Gasteiger partial charge in [-0.1, -0.05) is 25.1 Å². The highest BCUT2D eigenvalue weighted by atomic mass is 32.2. The number of methoxy groups -OCH3 is 2. The van der Waals surface area contributed by atoms with Crippen LogP contribution in [0.4, 0.5) is 4.79 Å². The van der Waals surface area contributed by atoms with Gasteiger partial charge in [0.15, 0.2) is 21.3 Å². The number of amides is 3. The first-order valence-corrected chi connectivity index (χ1v) is 11.6. The third-order valence-corrected chi connectivity index (χ3v) is 6.70. The number of imide groups is 1. The molecule has 9 heteroatoms. The van der Waals surface area contributed by atoms with Crippen LogP contribution >= 0.6 is 0 Å². The highest BCUT2D eigenvalue weighted by molar-refractivity contribution is 7.90. The lowest BCUT2D eigenvalue weighted by molar-refractivity contribution is -0.132. The van der Waals surface area contributed by atoms with E-state index >= 15 is 0 Å². The zero-order valence-electron chi connectivity index (χ0n) is 18.1. The molecule has 0 radical (unpaired) electrons. The van der Waals surface area contributed by atoms with Crippen molar-refractivity contribution in [2.75, 3.05) is 20.5 Å². The van der Waals surface area contributed by atoms with Gasteiger partial charge in [-0.05, 0) is 48.7 Å². The van der Waals surface area contributed by atoms with Crippen LogP contribution in [0.5, 0.6) is 11.5 Å². The Balaban J connectivity index is 1.98. The van der Waals surface area contributed by atoms with Gasteiger partial charge in [-0.3, -0.25) is 9.69 Å². The first-order chi connectivity index (χ1) is 14.6. The number of ether oxygens (including phenoxy) is 2. The number of carbonyl (C=O) groups excluding carboxylic acids is 2. The van der Waals surface area contributed by atoms with E-state index in [0.717, 1.165) is 11.8 Å². The smallest absolute Gasteiger partial charge is 0.325 e. The molecule has 166 valence electrons. The van der Waals surface area contributed by atoms with E-state index < -0.39 is 33.4 Å². The molecular formula is C22H26N2O6S. The number of benzene rings is 2. The Morgan fingerprint density at radius 3 is 2.16 bits per heavy atom. The minimum Gasteiger partial charge on any atom is -0.493 e. The topological polar surface area (TPSA) is 102 Å². The average molecular weight is 447 g/mol. The van der Waals surface area contributed by atoms with E-state index in [1.165, 1.54) is 31.3 Å². The summed E-state index contributed by atoms with van der Waals surface area (Å²) >= 11 is 0. The van der Waals surface area contributed by atoms with Gasteiger partial charge in [0.25, 0.3) is 5.91 Å². The SMILES string of the molecule is CC[C@@H](c1ccc(OC)c(OC)c1)N1C(=O)N[C@@](C)(c2ccc(S(C)(=O)=O)cc2)C1=O. The second kappa shape index (κ2) is 8.22. The molecule has 1 aliphatic rings. The average Bonchev–Trinajstić information content (AvgIpc) is 2.98. The van der Waals surface area contributed by atoms with E-state index in [-0.39, 0.29) is 4.90 Å². The number of hydrogen-bond donors (Lipinski definition) is 1. The van der Waals surface area contributed by atoms with Gasteiger partial charge in [0.05, 0.1) is 25.2 Å². The largest absolute Gasteiger partial charge is 0.493 e. The Morgan fingerprint density at radius 2 is 1.65 bits per heavy atom. The minimum absolute atomic E-state index is 0.144. The van der Waals surface area contributed by atoms with E-state index in [9.17, 15) is 18.0 Å². The van der Waals surface area contributed by atoms with Gasteiger partial charge in [-0.25, -0.2) is 13.2 Å². The van der Waals surface area contributed by atoms with Crippen molar-refractivity contribution in [1.82, 2.24) is 10.2 Å². The Bertz CT molecular complexity index is 1110. The molecule has 1 fully saturated rings. The van der Waals surface area contributed by atoms with Crippen molar-refractivity contribution >= 4 is 21.8 Å². The summed E-state index contributed by atoms with van der Waals surface area (Å²) < 4.78 is 34.1. The molecule has 1 saturated heterocycles. The first-order valence-electron chi connectivity index (χ1n) is 9.75. The summed E-state index contributed by atoms with van der Waals surface area (Å²) in [6.07, 6.45) is 1.61. The molecule has 0 unspecified atom stereocenters. The van der Waals surface area contributed by atoms with E-state index in [1.807, 2.05) is 6.92 Å². The van der Waals surface area contributed by atoms with E-state index in [2.05, 4.69) is 5.32 Å². The maximum Gasteiger partial charge on any atom is 0.325 e. The van der Waals surface area contributed by atoms with Crippen LogP contribution in [0.2, 0.25) is 0 Å². The molecule has 3 amide bonds. The molecule has 1 heterocycles. The van der Waals surface area contributed by atoms with Gasteiger partial charge in [-0.2, -0.15) is 0 Å². The van der Waals surface area contributed by atoms with Gasteiger partial charge >= 0.3 is 6.03 Å². The minimum atomic E-state index is -3.37. The lowest BCUT2D eigenvalue weighted by atomic mass is 9.91. The van der Waals surface area contributed by atoms with E-state index in [4.69, 9.17) is 9.47 Å². The van der Waals surface area contributed by atoms with Crippen molar-refractivity contribution in [3.63, 3.8) is 0 Å². The summed E-state index contributed by atoms with van der Waals surface area (Å²) in [4.78, 5) is 27.7. The molecule has 3 rings (SSSR count). The molecule has 0 spiro atoms. The van der Waals surface area contributed by atoms with Gasteiger partial charge in [0, 0.05) is 6.26 Å². The summed E-state index contributed by atoms with van der Waals surface area (Å²) in [5.41, 5.74) is -0.0693. The number of hydrogen-bond acceptors (Lipinski definition) is 6. The molecule has 0 aromatic heterocycles. The molecule has 1 N–H and O–H groups in total. The second-order valence-corrected chi connectivity index (χ2v) is 9.58. The van der Waals surface area contributed by atoms with Crippen LogP contribution in [-0.2, 0) is 20.2 Å². The highest BCUT2D eigenvalue weighted by Crippen LogP contribution is 2.38. The fourth-order valence-electron chi connectivity index (χ4n) is 3.80. The van der Waals surface area contributed by atoms with Crippen LogP contribution in [0.3, 0.4) is 0 Å². The fourth-order valence-corrected chi connectivity index (χ4v) is 4.43. The first kappa shape index (κ1) is 22.6. The molecule has 8 nitrogen and oxygen atoms in total. The van der Waals surface area contributed by atoms with Crippen LogP contribution in [-0.4, -0.2) is 45.7 Å². The van der Waals surface area contributed by atoms with Crippen LogP contribution in [0, 0.1) is 0 Å². The van der Waals surface area contributed by atoms with Crippen molar-refractivity contribution in [2.24, 2.45) is 0 Å². The van der Waals surface area contributed by atoms with Crippen LogP contribution in [0.1, 0.15) is 37.4 Å². The molecule has 0 bridgehead atoms. The van der Waals surface area contributed by atoms with Gasteiger partial charge in [0.2, 0.25) is 0 Å². The summed E-state index contributed by atoms with van der Waals surface area (Å²) in [6.45, 7) is 3.50. The number of carbonyl (C=O) groups is 2. The standard InChI is InChI=1S/C22H26N2O6S/c1-6-17(14-7-12-18(29-3)19(13-14)30-4)24-20(25)22(2,23-21(24)26)15-8-10-16(11-9-15)31(5,27)28/h7-13,17H,6H2,1-5H3,(H,23,26)/t17-,22-/m0/s1. The molecule has 2 atom stereocenters. The fraction of sp³-hybridized carbons (Fsp3) is 0.364. The molecule has 2 aromatic carbocycles. The summed E-state index contributed by atoms with van der Waals surface area (Å²) in [5, 5.41) is 2.77. The number of nitrogens with zero attached hydrogens (tertiary/aromatic N) is 1. The van der Waals surface area contributed by atoms with Crippen molar-refractivity contribution in [3.8, 4) is 11.5 Å². The van der Waals surface area contributed by atoms with E-state index in [1.54, 1.807) is 37.3 Å². The maximum atomic E-state index is 13.4. The number of urea groups is 1. The van der Waals surface area contributed by atoms with Gasteiger partial charge < -0.3 is 14.8 Å². The lowest BCUT2D eigenvalue weighted by Crippen LogP contribution is -2.41. The third-order valence-electron chi connectivity index (χ3n) is 5.57. The summed E-state index contributed by atoms with van der Waals surface area (Å²) in [5.74, 6) is 0.643. The number of sulfone groups is 1. The lowest BCUT2D eigenvalue weighted by Gasteiger charge is -2.27. The Labute approximate surface area is 182 Å². The predicted octanol–water partition coefficient (Wildman–Crippen LogP) is 3.03. The molecule has 0 saturated carbocycles. The third kappa shape index (κ3) is 3.97. The van der Waals surface area contributed by atoms with Crippen LogP contribution in [0.25, 0.3) is 0 Å². The second-order valence-electron chi connectivity index (χ2n) is 7.57. The maximum absolute atomic E-state index is 13.4. The van der Waals surface area contributed by atoms with Crippen LogP contribution in [0.15, 0.2) is 47.4 Å². The van der Waals surface area contributed by atoms with E-state index in [0.29, 0.717) is 23.5 Å². The summed E-state index contributed by atoms with van der Waals surface area (Å²) in [6, 6.07) is 10.2. The van der Waals surface area contributed by atoms with Gasteiger partial charge in [0.1, 0.15) is 5.54 Å². The molecule has 31 heavy (non-hydrogen) atoms. The van der Waals surface area contributed by atoms with Gasteiger partial charge in [-0.15, -0.1) is 0 Å². The number of nitrogens with one attached hydrogen (secondary N) is 1. The Hall–Kier alpha value is -3.07. The van der Waals surface area contributed by atoms with Crippen molar-refractivity contribution in [2.45, 2.75) is 36.7 Å². The molecule has 2 aromatic rings. The molecule has 1 aliphatic heterocycles. The molecular weight excluding hydrogens is 420 g/mol. The predicted molar refractivity (Wildman–Crippen MR) is 115 cm³/mol. The number of rotatable bonds is 7. The monoisotopic (exact) mass is 446 g/mol. The Kier molecular flexibility index (Phi) is 6.00. The summed E-state index contributed by atoms with van der Waals surface area (Å²) in [7, 11) is -0.313. The highest BCUT2D eigenvalue weighted by Gasteiger charge is 2.51. The Morgan fingerprint density at radius 1 is 1.03 bits per heavy atom. The van der Waals surface area contributed by atoms with Crippen molar-refractivity contribution < 1.29 is 27.5 Å². The zero-order valence-corrected chi connectivity index (χ0v) is 18.9. The van der Waals surface area contributed by atoms with Crippen LogP contribution < -0.4 is 14.8 Å². The zero-order chi connectivity index (χ0) is 23.0. The van der Waals surface area contributed by atoms with Crippen molar-refractivity contribution in [1.29, 1.82) is 0 Å². The van der Waals surface area contributed by atoms with Crippen molar-refractivity contribution in [3.05, 3.63) is 53.6 Å².